The number of halogens is 1. The van der Waals surface area contributed by atoms with E-state index in [0.29, 0.717) is 17.8 Å². The van der Waals surface area contributed by atoms with Crippen LogP contribution in [0, 0.1) is 6.92 Å². The zero-order chi connectivity index (χ0) is 19.4. The van der Waals surface area contributed by atoms with Crippen LogP contribution in [0.5, 0.6) is 0 Å². The molecule has 3 rings (SSSR count). The van der Waals surface area contributed by atoms with Crippen LogP contribution in [0.2, 0.25) is 5.02 Å². The van der Waals surface area contributed by atoms with Gasteiger partial charge in [0, 0.05) is 22.0 Å². The number of nitrogens with one attached hydrogen (secondary N) is 2. The van der Waals surface area contributed by atoms with Gasteiger partial charge < -0.3 is 20.9 Å². The van der Waals surface area contributed by atoms with E-state index in [-0.39, 0.29) is 5.91 Å². The topological polar surface area (TPSA) is 79.9 Å². The summed E-state index contributed by atoms with van der Waals surface area (Å²) in [6.07, 6.45) is 0. The highest BCUT2D eigenvalue weighted by Gasteiger charge is 2.23. The Morgan fingerprint density at radius 3 is 2.44 bits per heavy atom. The number of anilines is 2. The second-order valence-corrected chi connectivity index (χ2v) is 7.27. The van der Waals surface area contributed by atoms with Crippen LogP contribution in [0.25, 0.3) is 0 Å². The first-order valence-electron chi connectivity index (χ1n) is 8.97. The molecule has 4 N–H and O–H groups in total. The SMILES string of the molecule is Cc1ccc(Cl)cc1N1CC[NH+](CC(=O)Nc2ccc(C(N)=O)cc2)CC1. The van der Waals surface area contributed by atoms with Gasteiger partial charge in [0.05, 0.1) is 26.2 Å². The average molecular weight is 388 g/mol. The van der Waals surface area contributed by atoms with Crippen molar-refractivity contribution in [2.24, 2.45) is 5.73 Å². The average Bonchev–Trinajstić information content (AvgIpc) is 2.65. The first-order valence-corrected chi connectivity index (χ1v) is 9.34. The summed E-state index contributed by atoms with van der Waals surface area (Å²) >= 11 is 6.13. The molecule has 0 bridgehead atoms. The van der Waals surface area contributed by atoms with Crippen LogP contribution < -0.4 is 20.9 Å². The lowest BCUT2D eigenvalue weighted by Gasteiger charge is -2.34. The van der Waals surface area contributed by atoms with Gasteiger partial charge in [-0.1, -0.05) is 17.7 Å². The minimum absolute atomic E-state index is 0.0378. The molecule has 1 saturated heterocycles. The molecule has 1 heterocycles. The van der Waals surface area contributed by atoms with E-state index in [4.69, 9.17) is 17.3 Å². The lowest BCUT2D eigenvalue weighted by molar-refractivity contribution is -0.892. The van der Waals surface area contributed by atoms with Crippen LogP contribution in [0.1, 0.15) is 15.9 Å². The molecule has 6 nitrogen and oxygen atoms in total. The third kappa shape index (κ3) is 4.99. The molecule has 0 radical (unpaired) electrons. The predicted molar refractivity (Wildman–Crippen MR) is 108 cm³/mol. The summed E-state index contributed by atoms with van der Waals surface area (Å²) in [5.41, 5.74) is 8.68. The van der Waals surface area contributed by atoms with Crippen molar-refractivity contribution in [3.63, 3.8) is 0 Å². The zero-order valence-corrected chi connectivity index (χ0v) is 16.1. The van der Waals surface area contributed by atoms with Gasteiger partial charge in [0.15, 0.2) is 6.54 Å². The van der Waals surface area contributed by atoms with E-state index >= 15 is 0 Å². The molecule has 1 aliphatic rings. The monoisotopic (exact) mass is 387 g/mol. The van der Waals surface area contributed by atoms with Crippen molar-refractivity contribution < 1.29 is 14.5 Å². The summed E-state index contributed by atoms with van der Waals surface area (Å²) in [7, 11) is 0. The Balaban J connectivity index is 1.50. The largest absolute Gasteiger partial charge is 0.366 e. The molecule has 7 heteroatoms. The molecule has 0 unspecified atom stereocenters. The van der Waals surface area contributed by atoms with Crippen molar-refractivity contribution in [1.82, 2.24) is 0 Å². The maximum Gasteiger partial charge on any atom is 0.279 e. The number of carbonyl (C=O) groups is 2. The molecule has 2 amide bonds. The molecule has 27 heavy (non-hydrogen) atoms. The minimum atomic E-state index is -0.481. The number of rotatable bonds is 5. The number of carbonyl (C=O) groups excluding carboxylic acids is 2. The maximum absolute atomic E-state index is 12.3. The highest BCUT2D eigenvalue weighted by atomic mass is 35.5. The molecule has 0 aliphatic carbocycles. The molecule has 1 aliphatic heterocycles. The van der Waals surface area contributed by atoms with Gasteiger partial charge in [0.2, 0.25) is 5.91 Å². The smallest absolute Gasteiger partial charge is 0.279 e. The van der Waals surface area contributed by atoms with E-state index < -0.39 is 5.91 Å². The molecule has 0 saturated carbocycles. The molecule has 2 aromatic carbocycles. The highest BCUT2D eigenvalue weighted by Crippen LogP contribution is 2.24. The molecular weight excluding hydrogens is 364 g/mol. The van der Waals surface area contributed by atoms with Crippen molar-refractivity contribution >= 4 is 34.8 Å². The molecular formula is C20H24ClN4O2+. The maximum atomic E-state index is 12.3. The van der Waals surface area contributed by atoms with E-state index in [2.05, 4.69) is 17.1 Å². The summed E-state index contributed by atoms with van der Waals surface area (Å²) in [6.45, 7) is 6.05. The number of nitrogens with two attached hydrogens (primary N) is 1. The highest BCUT2D eigenvalue weighted by molar-refractivity contribution is 6.30. The molecule has 0 atom stereocenters. The van der Waals surface area contributed by atoms with E-state index in [1.54, 1.807) is 24.3 Å². The number of primary amides is 1. The van der Waals surface area contributed by atoms with Crippen molar-refractivity contribution in [1.29, 1.82) is 0 Å². The van der Waals surface area contributed by atoms with Crippen molar-refractivity contribution in [3.8, 4) is 0 Å². The van der Waals surface area contributed by atoms with Crippen LogP contribution in [0.15, 0.2) is 42.5 Å². The number of amides is 2. The summed E-state index contributed by atoms with van der Waals surface area (Å²) in [5, 5.41) is 3.61. The van der Waals surface area contributed by atoms with E-state index in [9.17, 15) is 9.59 Å². The molecule has 0 spiro atoms. The normalized spacial score (nSPS) is 14.8. The zero-order valence-electron chi connectivity index (χ0n) is 15.3. The van der Waals surface area contributed by atoms with Gasteiger partial charge in [0.1, 0.15) is 0 Å². The predicted octanol–water partition coefficient (Wildman–Crippen LogP) is 1.09. The minimum Gasteiger partial charge on any atom is -0.366 e. The van der Waals surface area contributed by atoms with Gasteiger partial charge in [-0.25, -0.2) is 0 Å². The number of piperazine rings is 1. The fraction of sp³-hybridized carbons (Fsp3) is 0.300. The lowest BCUT2D eigenvalue weighted by Crippen LogP contribution is -3.15. The molecule has 1 fully saturated rings. The van der Waals surface area contributed by atoms with Crippen LogP contribution in [0.3, 0.4) is 0 Å². The lowest BCUT2D eigenvalue weighted by atomic mass is 10.1. The number of hydrogen-bond donors (Lipinski definition) is 3. The standard InChI is InChI=1S/C20H23ClN4O2/c1-14-2-5-16(21)12-18(14)25-10-8-24(9-11-25)13-19(26)23-17-6-3-15(4-7-17)20(22)27/h2-7,12H,8-11,13H2,1H3,(H2,22,27)(H,23,26)/p+1. The molecule has 2 aromatic rings. The Hall–Kier alpha value is -2.57. The van der Waals surface area contributed by atoms with Crippen LogP contribution in [-0.2, 0) is 4.79 Å². The Bertz CT molecular complexity index is 830. The fourth-order valence-electron chi connectivity index (χ4n) is 3.31. The number of hydrogen-bond acceptors (Lipinski definition) is 3. The molecule has 0 aromatic heterocycles. The summed E-state index contributed by atoms with van der Waals surface area (Å²) in [4.78, 5) is 27.0. The van der Waals surface area contributed by atoms with Gasteiger partial charge in [-0.3, -0.25) is 9.59 Å². The number of nitrogens with zero attached hydrogens (tertiary/aromatic N) is 1. The summed E-state index contributed by atoms with van der Waals surface area (Å²) in [6, 6.07) is 12.5. The number of quaternary nitrogens is 1. The van der Waals surface area contributed by atoms with Gasteiger partial charge in [-0.05, 0) is 48.9 Å². The number of aryl methyl sites for hydroxylation is 1. The first kappa shape index (κ1) is 19.2. The van der Waals surface area contributed by atoms with E-state index in [1.807, 2.05) is 18.2 Å². The van der Waals surface area contributed by atoms with Crippen LogP contribution >= 0.6 is 11.6 Å². The second kappa shape index (κ2) is 8.41. The summed E-state index contributed by atoms with van der Waals surface area (Å²) in [5.74, 6) is -0.519. The van der Waals surface area contributed by atoms with Crippen molar-refractivity contribution in [2.75, 3.05) is 42.9 Å². The van der Waals surface area contributed by atoms with Crippen LogP contribution in [-0.4, -0.2) is 44.5 Å². The molecule has 142 valence electrons. The first-order chi connectivity index (χ1) is 12.9. The third-order valence-electron chi connectivity index (χ3n) is 4.85. The summed E-state index contributed by atoms with van der Waals surface area (Å²) < 4.78 is 0. The number of benzene rings is 2. The van der Waals surface area contributed by atoms with E-state index in [1.165, 1.54) is 16.2 Å². The second-order valence-electron chi connectivity index (χ2n) is 6.83. The van der Waals surface area contributed by atoms with Gasteiger partial charge in [-0.15, -0.1) is 0 Å². The van der Waals surface area contributed by atoms with Gasteiger partial charge in [-0.2, -0.15) is 0 Å². The van der Waals surface area contributed by atoms with Gasteiger partial charge >= 0.3 is 0 Å². The Morgan fingerprint density at radius 1 is 1.15 bits per heavy atom. The van der Waals surface area contributed by atoms with Gasteiger partial charge in [0.25, 0.3) is 5.91 Å². The Morgan fingerprint density at radius 2 is 1.81 bits per heavy atom. The van der Waals surface area contributed by atoms with Crippen molar-refractivity contribution in [3.05, 3.63) is 58.6 Å². The fourth-order valence-corrected chi connectivity index (χ4v) is 3.48. The third-order valence-corrected chi connectivity index (χ3v) is 5.08. The van der Waals surface area contributed by atoms with Crippen LogP contribution in [0.4, 0.5) is 11.4 Å². The Labute approximate surface area is 163 Å². The quantitative estimate of drug-likeness (QED) is 0.718. The van der Waals surface area contributed by atoms with Crippen molar-refractivity contribution in [2.45, 2.75) is 6.92 Å². The Kier molecular flexibility index (Phi) is 5.98. The van der Waals surface area contributed by atoms with E-state index in [0.717, 1.165) is 31.2 Å².